The molecule has 0 atom stereocenters. The summed E-state index contributed by atoms with van der Waals surface area (Å²) >= 11 is 0. The quantitative estimate of drug-likeness (QED) is 0.314. The number of halogens is 1. The highest BCUT2D eigenvalue weighted by Gasteiger charge is 2.24. The first-order valence-electron chi connectivity index (χ1n) is 11.4. The van der Waals surface area contributed by atoms with E-state index in [2.05, 4.69) is 51.5 Å². The van der Waals surface area contributed by atoms with Crippen LogP contribution in [0.15, 0.2) is 23.3 Å². The Morgan fingerprint density at radius 2 is 1.88 bits per heavy atom. The molecule has 32 heavy (non-hydrogen) atoms. The van der Waals surface area contributed by atoms with Gasteiger partial charge in [0.2, 0.25) is 0 Å². The van der Waals surface area contributed by atoms with E-state index in [1.165, 1.54) is 0 Å². The minimum atomic E-state index is -0.214. The Hall–Kier alpha value is -1.82. The SMILES string of the molecule is CCNC(=NCc1ccc(N2CCN(C)CC2)nc1)NC1CCN(C(=O)OCC)CC1.I. The molecule has 2 aliphatic heterocycles. The van der Waals surface area contributed by atoms with Crippen LogP contribution in [-0.2, 0) is 11.3 Å². The molecular weight excluding hydrogens is 521 g/mol. The maximum absolute atomic E-state index is 11.9. The van der Waals surface area contributed by atoms with E-state index in [0.717, 1.165) is 62.9 Å². The monoisotopic (exact) mass is 559 g/mol. The number of nitrogens with one attached hydrogen (secondary N) is 2. The lowest BCUT2D eigenvalue weighted by Crippen LogP contribution is -2.49. The Bertz CT molecular complexity index is 715. The number of anilines is 1. The number of nitrogens with zero attached hydrogens (tertiary/aromatic N) is 5. The average molecular weight is 559 g/mol. The van der Waals surface area contributed by atoms with Gasteiger partial charge < -0.3 is 30.1 Å². The fourth-order valence-corrected chi connectivity index (χ4v) is 3.84. The summed E-state index contributed by atoms with van der Waals surface area (Å²) in [6, 6.07) is 4.51. The molecule has 2 saturated heterocycles. The molecule has 3 rings (SSSR count). The van der Waals surface area contributed by atoms with E-state index < -0.39 is 0 Å². The summed E-state index contributed by atoms with van der Waals surface area (Å²) in [4.78, 5) is 27.7. The minimum Gasteiger partial charge on any atom is -0.450 e. The van der Waals surface area contributed by atoms with Gasteiger partial charge in [-0.25, -0.2) is 14.8 Å². The first kappa shape index (κ1) is 26.4. The number of ether oxygens (including phenoxy) is 1. The Kier molecular flexibility index (Phi) is 11.3. The van der Waals surface area contributed by atoms with Crippen molar-refractivity contribution in [2.75, 3.05) is 64.4 Å². The Labute approximate surface area is 209 Å². The molecule has 1 aromatic heterocycles. The van der Waals surface area contributed by atoms with E-state index in [4.69, 9.17) is 9.73 Å². The van der Waals surface area contributed by atoms with Crippen LogP contribution < -0.4 is 15.5 Å². The van der Waals surface area contributed by atoms with Gasteiger partial charge in [0.15, 0.2) is 5.96 Å². The van der Waals surface area contributed by atoms with Crippen molar-refractivity contribution in [3.8, 4) is 0 Å². The number of hydrogen-bond acceptors (Lipinski definition) is 6. The minimum absolute atomic E-state index is 0. The molecular formula is C22H38IN7O2. The number of piperidine rings is 1. The van der Waals surface area contributed by atoms with Gasteiger partial charge in [-0.3, -0.25) is 0 Å². The number of guanidine groups is 1. The molecule has 2 aliphatic rings. The highest BCUT2D eigenvalue weighted by molar-refractivity contribution is 14.0. The van der Waals surface area contributed by atoms with Crippen LogP contribution in [0.5, 0.6) is 0 Å². The number of aromatic nitrogens is 1. The molecule has 2 N–H and O–H groups in total. The van der Waals surface area contributed by atoms with Crippen molar-refractivity contribution in [2.45, 2.75) is 39.3 Å². The number of rotatable bonds is 6. The molecule has 0 aliphatic carbocycles. The van der Waals surface area contributed by atoms with Gasteiger partial charge in [0, 0.05) is 58.1 Å². The maximum atomic E-state index is 11.9. The van der Waals surface area contributed by atoms with Gasteiger partial charge in [-0.1, -0.05) is 6.07 Å². The highest BCUT2D eigenvalue weighted by atomic mass is 127. The van der Waals surface area contributed by atoms with Gasteiger partial charge in [-0.15, -0.1) is 24.0 Å². The van der Waals surface area contributed by atoms with Crippen LogP contribution in [0.4, 0.5) is 10.6 Å². The summed E-state index contributed by atoms with van der Waals surface area (Å²) in [5, 5.41) is 6.83. The van der Waals surface area contributed by atoms with Crippen molar-refractivity contribution in [3.05, 3.63) is 23.9 Å². The lowest BCUT2D eigenvalue weighted by atomic mass is 10.1. The topological polar surface area (TPSA) is 85.3 Å². The van der Waals surface area contributed by atoms with Crippen molar-refractivity contribution in [2.24, 2.45) is 4.99 Å². The smallest absolute Gasteiger partial charge is 0.409 e. The molecule has 10 heteroatoms. The van der Waals surface area contributed by atoms with Gasteiger partial charge in [0.25, 0.3) is 0 Å². The van der Waals surface area contributed by atoms with E-state index in [0.29, 0.717) is 32.3 Å². The second kappa shape index (κ2) is 13.7. The number of piperazine rings is 1. The van der Waals surface area contributed by atoms with E-state index in [1.54, 1.807) is 4.90 Å². The molecule has 180 valence electrons. The number of likely N-dealkylation sites (tertiary alicyclic amines) is 1. The number of amides is 1. The summed E-state index contributed by atoms with van der Waals surface area (Å²) in [7, 11) is 2.16. The molecule has 1 amide bonds. The summed E-state index contributed by atoms with van der Waals surface area (Å²) < 4.78 is 5.10. The molecule has 1 aromatic rings. The number of carbonyl (C=O) groups is 1. The third-order valence-electron chi connectivity index (χ3n) is 5.76. The Morgan fingerprint density at radius 3 is 2.47 bits per heavy atom. The predicted molar refractivity (Wildman–Crippen MR) is 139 cm³/mol. The molecule has 0 bridgehead atoms. The first-order chi connectivity index (χ1) is 15.1. The molecule has 2 fully saturated rings. The summed E-state index contributed by atoms with van der Waals surface area (Å²) in [5.41, 5.74) is 1.09. The largest absolute Gasteiger partial charge is 0.450 e. The zero-order valence-electron chi connectivity index (χ0n) is 19.5. The molecule has 0 spiro atoms. The average Bonchev–Trinajstić information content (AvgIpc) is 2.79. The summed E-state index contributed by atoms with van der Waals surface area (Å²) in [5.74, 6) is 1.85. The molecule has 0 radical (unpaired) electrons. The fourth-order valence-electron chi connectivity index (χ4n) is 3.84. The van der Waals surface area contributed by atoms with Gasteiger partial charge in [0.1, 0.15) is 5.82 Å². The van der Waals surface area contributed by atoms with E-state index in [-0.39, 0.29) is 30.1 Å². The van der Waals surface area contributed by atoms with Gasteiger partial charge >= 0.3 is 6.09 Å². The van der Waals surface area contributed by atoms with Gasteiger partial charge in [0.05, 0.1) is 13.2 Å². The van der Waals surface area contributed by atoms with Crippen molar-refractivity contribution < 1.29 is 9.53 Å². The van der Waals surface area contributed by atoms with Crippen LogP contribution in [0.2, 0.25) is 0 Å². The number of aliphatic imine (C=N–C) groups is 1. The number of pyridine rings is 1. The lowest BCUT2D eigenvalue weighted by Gasteiger charge is -2.33. The fraction of sp³-hybridized carbons (Fsp3) is 0.682. The van der Waals surface area contributed by atoms with Gasteiger partial charge in [-0.05, 0) is 45.4 Å². The van der Waals surface area contributed by atoms with Crippen LogP contribution in [0, 0.1) is 0 Å². The van der Waals surface area contributed by atoms with Crippen LogP contribution in [0.3, 0.4) is 0 Å². The van der Waals surface area contributed by atoms with Crippen LogP contribution in [0.25, 0.3) is 0 Å². The normalized spacial score (nSPS) is 18.2. The Balaban J connectivity index is 0.00000363. The van der Waals surface area contributed by atoms with Crippen molar-refractivity contribution in [1.82, 2.24) is 25.4 Å². The number of carbonyl (C=O) groups excluding carboxylic acids is 1. The third kappa shape index (κ3) is 7.95. The highest BCUT2D eigenvalue weighted by Crippen LogP contribution is 2.14. The summed E-state index contributed by atoms with van der Waals surface area (Å²) in [6.07, 6.45) is 3.47. The maximum Gasteiger partial charge on any atom is 0.409 e. The van der Waals surface area contributed by atoms with Crippen LogP contribution >= 0.6 is 24.0 Å². The second-order valence-electron chi connectivity index (χ2n) is 8.11. The van der Waals surface area contributed by atoms with E-state index >= 15 is 0 Å². The second-order valence-corrected chi connectivity index (χ2v) is 8.11. The van der Waals surface area contributed by atoms with Crippen molar-refractivity contribution >= 4 is 41.8 Å². The molecule has 0 unspecified atom stereocenters. The van der Waals surface area contributed by atoms with E-state index in [1.807, 2.05) is 13.1 Å². The number of hydrogen-bond donors (Lipinski definition) is 2. The molecule has 9 nitrogen and oxygen atoms in total. The van der Waals surface area contributed by atoms with E-state index in [9.17, 15) is 4.79 Å². The first-order valence-corrected chi connectivity index (χ1v) is 11.4. The van der Waals surface area contributed by atoms with Gasteiger partial charge in [-0.2, -0.15) is 0 Å². The Morgan fingerprint density at radius 1 is 1.16 bits per heavy atom. The number of likely N-dealkylation sites (N-methyl/N-ethyl adjacent to an activating group) is 1. The lowest BCUT2D eigenvalue weighted by molar-refractivity contribution is 0.0963. The van der Waals surface area contributed by atoms with Crippen molar-refractivity contribution in [1.29, 1.82) is 0 Å². The molecule has 0 saturated carbocycles. The van der Waals surface area contributed by atoms with Crippen molar-refractivity contribution in [3.63, 3.8) is 0 Å². The van der Waals surface area contributed by atoms with Crippen LogP contribution in [0.1, 0.15) is 32.3 Å². The standard InChI is InChI=1S/C22H37N7O2.HI/c1-4-23-21(26-19-8-10-29(11-9-19)22(30)31-5-2)25-17-18-6-7-20(24-16-18)28-14-12-27(3)13-15-28;/h6-7,16,19H,4-5,8-15,17H2,1-3H3,(H2,23,25,26);1H. The summed E-state index contributed by atoms with van der Waals surface area (Å²) in [6.45, 7) is 11.3. The third-order valence-corrected chi connectivity index (χ3v) is 5.76. The molecule has 0 aromatic carbocycles. The molecule has 3 heterocycles. The zero-order valence-corrected chi connectivity index (χ0v) is 21.9. The predicted octanol–water partition coefficient (Wildman–Crippen LogP) is 2.13. The van der Waals surface area contributed by atoms with Crippen LogP contribution in [-0.4, -0.2) is 92.3 Å². The zero-order chi connectivity index (χ0) is 22.1.